The molecule has 3 heterocycles. The van der Waals surface area contributed by atoms with Crippen molar-refractivity contribution in [1.82, 2.24) is 14.8 Å². The summed E-state index contributed by atoms with van der Waals surface area (Å²) in [5.41, 5.74) is 0.583. The van der Waals surface area contributed by atoms with Gasteiger partial charge in [0.25, 0.3) is 0 Å². The van der Waals surface area contributed by atoms with E-state index in [1.165, 1.54) is 6.42 Å². The summed E-state index contributed by atoms with van der Waals surface area (Å²) < 4.78 is 3.16. The monoisotopic (exact) mass is 348 g/mol. The average molecular weight is 349 g/mol. The lowest BCUT2D eigenvalue weighted by atomic mass is 10.2. The number of rotatable bonds is 2. The Morgan fingerprint density at radius 3 is 3.00 bits per heavy atom. The van der Waals surface area contributed by atoms with E-state index >= 15 is 0 Å². The van der Waals surface area contributed by atoms with E-state index < -0.39 is 0 Å². The molecule has 2 aromatic rings. The minimum atomic E-state index is 0.583. The first-order valence-corrected chi connectivity index (χ1v) is 8.18. The lowest BCUT2D eigenvalue weighted by Gasteiger charge is -2.05. The van der Waals surface area contributed by atoms with Crippen LogP contribution in [0, 0.1) is 11.3 Å². The third-order valence-electron chi connectivity index (χ3n) is 3.35. The third-order valence-corrected chi connectivity index (χ3v) is 4.92. The van der Waals surface area contributed by atoms with E-state index in [9.17, 15) is 5.26 Å². The third kappa shape index (κ3) is 2.69. The highest BCUT2D eigenvalue weighted by Crippen LogP contribution is 2.27. The van der Waals surface area contributed by atoms with Crippen molar-refractivity contribution in [3.05, 3.63) is 32.4 Å². The van der Waals surface area contributed by atoms with Crippen LogP contribution < -0.4 is 0 Å². The Morgan fingerprint density at radius 2 is 2.25 bits per heavy atom. The van der Waals surface area contributed by atoms with Crippen molar-refractivity contribution in [2.75, 3.05) is 0 Å². The second-order valence-electron chi connectivity index (χ2n) is 4.71. The van der Waals surface area contributed by atoms with Crippen LogP contribution in [0.5, 0.6) is 0 Å². The van der Waals surface area contributed by atoms with Crippen molar-refractivity contribution >= 4 is 38.9 Å². The summed E-state index contributed by atoms with van der Waals surface area (Å²) in [5, 5.41) is 17.9. The van der Waals surface area contributed by atoms with Crippen molar-refractivity contribution in [3.8, 4) is 6.07 Å². The molecule has 2 aromatic heterocycles. The van der Waals surface area contributed by atoms with E-state index in [0.29, 0.717) is 11.4 Å². The molecule has 102 valence electrons. The molecule has 20 heavy (non-hydrogen) atoms. The Labute approximate surface area is 129 Å². The van der Waals surface area contributed by atoms with Crippen molar-refractivity contribution in [3.63, 3.8) is 0 Å². The molecule has 0 spiro atoms. The van der Waals surface area contributed by atoms with E-state index in [-0.39, 0.29) is 0 Å². The molecule has 0 unspecified atom stereocenters. The number of halogens is 1. The standard InChI is InChI=1S/C14H13BrN4S/c15-12-6-5-11(20-12)8-10(9-16)14-18-17-13-4-2-1-3-7-19(13)14/h5-6,8H,1-4,7H2/b10-8+. The van der Waals surface area contributed by atoms with E-state index in [2.05, 4.69) is 36.8 Å². The topological polar surface area (TPSA) is 54.5 Å². The first kappa shape index (κ1) is 13.5. The van der Waals surface area contributed by atoms with Crippen LogP contribution in [0.25, 0.3) is 11.6 Å². The largest absolute Gasteiger partial charge is 0.310 e. The number of aryl methyl sites for hydroxylation is 1. The fourth-order valence-corrected chi connectivity index (χ4v) is 3.75. The fourth-order valence-electron chi connectivity index (χ4n) is 2.38. The minimum absolute atomic E-state index is 0.583. The molecule has 3 rings (SSSR count). The van der Waals surface area contributed by atoms with Gasteiger partial charge < -0.3 is 4.57 Å². The molecule has 0 fully saturated rings. The summed E-state index contributed by atoms with van der Waals surface area (Å²) >= 11 is 5.04. The van der Waals surface area contributed by atoms with Crippen LogP contribution in [0.1, 0.15) is 35.8 Å². The molecule has 0 radical (unpaired) electrons. The lowest BCUT2D eigenvalue weighted by molar-refractivity contribution is 0.627. The molecule has 4 nitrogen and oxygen atoms in total. The number of hydrogen-bond donors (Lipinski definition) is 0. The number of nitriles is 1. The molecule has 0 amide bonds. The molecule has 0 aromatic carbocycles. The molecule has 0 N–H and O–H groups in total. The van der Waals surface area contributed by atoms with Gasteiger partial charge in [-0.25, -0.2) is 0 Å². The first-order valence-electron chi connectivity index (χ1n) is 6.57. The van der Waals surface area contributed by atoms with E-state index in [4.69, 9.17) is 0 Å². The molecular weight excluding hydrogens is 336 g/mol. The van der Waals surface area contributed by atoms with Crippen molar-refractivity contribution in [1.29, 1.82) is 5.26 Å². The van der Waals surface area contributed by atoms with Gasteiger partial charge in [0.2, 0.25) is 0 Å². The number of hydrogen-bond acceptors (Lipinski definition) is 4. The predicted octanol–water partition coefficient (Wildman–Crippen LogP) is 3.89. The van der Waals surface area contributed by atoms with Gasteiger partial charge in [-0.05, 0) is 47.0 Å². The minimum Gasteiger partial charge on any atom is -0.310 e. The number of fused-ring (bicyclic) bond motifs is 1. The lowest BCUT2D eigenvalue weighted by Crippen LogP contribution is -2.05. The second-order valence-corrected chi connectivity index (χ2v) is 7.21. The highest BCUT2D eigenvalue weighted by Gasteiger charge is 2.17. The second kappa shape index (κ2) is 5.90. The number of nitrogens with zero attached hydrogens (tertiary/aromatic N) is 4. The maximum atomic E-state index is 9.43. The summed E-state index contributed by atoms with van der Waals surface area (Å²) in [5.74, 6) is 1.71. The van der Waals surface area contributed by atoms with Gasteiger partial charge in [0.1, 0.15) is 11.9 Å². The number of allylic oxidation sites excluding steroid dienone is 1. The molecule has 0 atom stereocenters. The highest BCUT2D eigenvalue weighted by molar-refractivity contribution is 9.11. The van der Waals surface area contributed by atoms with Crippen LogP contribution in [0.4, 0.5) is 0 Å². The number of aromatic nitrogens is 3. The number of thiophene rings is 1. The van der Waals surface area contributed by atoms with Crippen LogP contribution in [0.15, 0.2) is 15.9 Å². The predicted molar refractivity (Wildman–Crippen MR) is 83.1 cm³/mol. The SMILES string of the molecule is N#C/C(=C\c1ccc(Br)s1)c1nnc2n1CCCCC2. The van der Waals surface area contributed by atoms with Gasteiger partial charge in [-0.3, -0.25) is 0 Å². The summed E-state index contributed by atoms with van der Waals surface area (Å²) in [7, 11) is 0. The van der Waals surface area contributed by atoms with Crippen molar-refractivity contribution in [2.45, 2.75) is 32.2 Å². The van der Waals surface area contributed by atoms with Crippen LogP contribution in [-0.2, 0) is 13.0 Å². The Bertz CT molecular complexity index is 692. The maximum Gasteiger partial charge on any atom is 0.174 e. The van der Waals surface area contributed by atoms with E-state index in [0.717, 1.165) is 40.3 Å². The molecule has 6 heteroatoms. The highest BCUT2D eigenvalue weighted by atomic mass is 79.9. The van der Waals surface area contributed by atoms with Crippen LogP contribution >= 0.6 is 27.3 Å². The van der Waals surface area contributed by atoms with Gasteiger partial charge >= 0.3 is 0 Å². The van der Waals surface area contributed by atoms with Gasteiger partial charge in [-0.15, -0.1) is 21.5 Å². The van der Waals surface area contributed by atoms with Crippen molar-refractivity contribution < 1.29 is 0 Å². The zero-order valence-corrected chi connectivity index (χ0v) is 13.2. The molecular formula is C14H13BrN4S. The zero-order valence-electron chi connectivity index (χ0n) is 10.8. The smallest absolute Gasteiger partial charge is 0.174 e. The maximum absolute atomic E-state index is 9.43. The van der Waals surface area contributed by atoms with Gasteiger partial charge in [0.15, 0.2) is 5.82 Å². The quantitative estimate of drug-likeness (QED) is 0.773. The molecule has 0 bridgehead atoms. The molecule has 0 saturated carbocycles. The Hall–Kier alpha value is -1.45. The summed E-state index contributed by atoms with van der Waals surface area (Å²) in [6.45, 7) is 0.908. The Morgan fingerprint density at radius 1 is 1.35 bits per heavy atom. The van der Waals surface area contributed by atoms with Crippen LogP contribution in [0.2, 0.25) is 0 Å². The van der Waals surface area contributed by atoms with Crippen LogP contribution in [0.3, 0.4) is 0 Å². The van der Waals surface area contributed by atoms with Crippen molar-refractivity contribution in [2.24, 2.45) is 0 Å². The fraction of sp³-hybridized carbons (Fsp3) is 0.357. The summed E-state index contributed by atoms with van der Waals surface area (Å²) in [4.78, 5) is 1.04. The van der Waals surface area contributed by atoms with Crippen LogP contribution in [-0.4, -0.2) is 14.8 Å². The van der Waals surface area contributed by atoms with E-state index in [1.54, 1.807) is 11.3 Å². The van der Waals surface area contributed by atoms with Gasteiger partial charge in [0.05, 0.1) is 9.36 Å². The normalized spacial score (nSPS) is 15.5. The average Bonchev–Trinajstić information content (AvgIpc) is 2.96. The van der Waals surface area contributed by atoms with E-state index in [1.807, 2.05) is 18.2 Å². The summed E-state index contributed by atoms with van der Waals surface area (Å²) in [6, 6.07) is 6.24. The van der Waals surface area contributed by atoms with Gasteiger partial charge in [0, 0.05) is 17.8 Å². The van der Waals surface area contributed by atoms with Gasteiger partial charge in [-0.1, -0.05) is 6.42 Å². The van der Waals surface area contributed by atoms with Gasteiger partial charge in [-0.2, -0.15) is 5.26 Å². The molecule has 0 saturated heterocycles. The Kier molecular flexibility index (Phi) is 3.99. The first-order chi connectivity index (χ1) is 9.78. The summed E-state index contributed by atoms with van der Waals surface area (Å²) in [6.07, 6.45) is 6.34. The molecule has 0 aliphatic carbocycles. The Balaban J connectivity index is 2.00. The molecule has 1 aliphatic heterocycles. The molecule has 1 aliphatic rings. The zero-order chi connectivity index (χ0) is 13.9.